The van der Waals surface area contributed by atoms with Gasteiger partial charge in [-0.15, -0.1) is 11.3 Å². The van der Waals surface area contributed by atoms with Crippen LogP contribution in [0.2, 0.25) is 0 Å². The van der Waals surface area contributed by atoms with Gasteiger partial charge in [0.05, 0.1) is 0 Å². The lowest BCUT2D eigenvalue weighted by Crippen LogP contribution is -2.48. The Bertz CT molecular complexity index is 438. The van der Waals surface area contributed by atoms with Gasteiger partial charge in [0, 0.05) is 38.5 Å². The van der Waals surface area contributed by atoms with E-state index in [2.05, 4.69) is 4.98 Å². The van der Waals surface area contributed by atoms with Crippen molar-refractivity contribution in [2.75, 3.05) is 31.1 Å². The maximum atomic E-state index is 12.4. The van der Waals surface area contributed by atoms with Gasteiger partial charge in [-0.1, -0.05) is 0 Å². The molecule has 1 amide bonds. The number of carbonyl (C=O) groups excluding carboxylic acids is 1. The highest BCUT2D eigenvalue weighted by Crippen LogP contribution is 2.33. The highest BCUT2D eigenvalue weighted by Gasteiger charge is 2.34. The van der Waals surface area contributed by atoms with Crippen molar-refractivity contribution in [1.82, 2.24) is 9.88 Å². The van der Waals surface area contributed by atoms with Crippen LogP contribution in [-0.4, -0.2) is 42.0 Å². The van der Waals surface area contributed by atoms with Crippen LogP contribution in [0.3, 0.4) is 0 Å². The molecule has 0 aliphatic carbocycles. The van der Waals surface area contributed by atoms with Gasteiger partial charge in [0.25, 0.3) is 0 Å². The average molecular weight is 279 g/mol. The Morgan fingerprint density at radius 2 is 1.94 bits per heavy atom. The van der Waals surface area contributed by atoms with Gasteiger partial charge in [0.1, 0.15) is 0 Å². The Hall–Kier alpha value is -1.31. The molecular formula is C10H12F3N3OS. The molecule has 0 aromatic carbocycles. The van der Waals surface area contributed by atoms with Crippen molar-refractivity contribution in [3.05, 3.63) is 11.1 Å². The zero-order chi connectivity index (χ0) is 13.3. The monoisotopic (exact) mass is 279 g/mol. The minimum Gasteiger partial charge on any atom is -0.345 e. The normalized spacial score (nSPS) is 17.1. The van der Waals surface area contributed by atoms with Crippen molar-refractivity contribution >= 4 is 22.4 Å². The van der Waals surface area contributed by atoms with E-state index in [0.29, 0.717) is 31.3 Å². The van der Waals surface area contributed by atoms with Crippen molar-refractivity contribution in [1.29, 1.82) is 0 Å². The average Bonchev–Trinajstić information content (AvgIpc) is 2.78. The maximum absolute atomic E-state index is 12.4. The van der Waals surface area contributed by atoms with E-state index in [1.54, 1.807) is 9.80 Å². The van der Waals surface area contributed by atoms with Crippen molar-refractivity contribution in [2.45, 2.75) is 13.1 Å². The van der Waals surface area contributed by atoms with Gasteiger partial charge < -0.3 is 9.80 Å². The van der Waals surface area contributed by atoms with Crippen LogP contribution >= 0.6 is 11.3 Å². The molecule has 2 rings (SSSR count). The summed E-state index contributed by atoms with van der Waals surface area (Å²) in [5.41, 5.74) is -0.850. The van der Waals surface area contributed by atoms with Gasteiger partial charge in [0.2, 0.25) is 5.91 Å². The number of halogens is 3. The zero-order valence-electron chi connectivity index (χ0n) is 9.70. The topological polar surface area (TPSA) is 36.4 Å². The van der Waals surface area contributed by atoms with Crippen molar-refractivity contribution in [3.63, 3.8) is 0 Å². The molecule has 1 aliphatic heterocycles. The fraction of sp³-hybridized carbons (Fsp3) is 0.600. The highest BCUT2D eigenvalue weighted by atomic mass is 32.1. The highest BCUT2D eigenvalue weighted by molar-refractivity contribution is 7.13. The second-order valence-corrected chi connectivity index (χ2v) is 4.84. The number of anilines is 1. The number of piperazine rings is 1. The third kappa shape index (κ3) is 2.74. The first-order chi connectivity index (χ1) is 8.38. The van der Waals surface area contributed by atoms with E-state index in [4.69, 9.17) is 0 Å². The quantitative estimate of drug-likeness (QED) is 0.787. The van der Waals surface area contributed by atoms with E-state index in [1.165, 1.54) is 6.92 Å². The van der Waals surface area contributed by atoms with Crippen LogP contribution in [-0.2, 0) is 11.0 Å². The van der Waals surface area contributed by atoms with E-state index >= 15 is 0 Å². The van der Waals surface area contributed by atoms with Crippen LogP contribution < -0.4 is 4.90 Å². The lowest BCUT2D eigenvalue weighted by Gasteiger charge is -2.33. The summed E-state index contributed by atoms with van der Waals surface area (Å²) >= 11 is 0.984. The molecule has 0 radical (unpaired) electrons. The van der Waals surface area contributed by atoms with E-state index in [1.807, 2.05) is 0 Å². The van der Waals surface area contributed by atoms with Gasteiger partial charge in [-0.2, -0.15) is 13.2 Å². The first kappa shape index (κ1) is 13.1. The van der Waals surface area contributed by atoms with E-state index in [0.717, 1.165) is 16.7 Å². The summed E-state index contributed by atoms with van der Waals surface area (Å²) in [5, 5.41) is 1.39. The first-order valence-electron chi connectivity index (χ1n) is 5.41. The van der Waals surface area contributed by atoms with E-state index in [9.17, 15) is 18.0 Å². The van der Waals surface area contributed by atoms with Crippen molar-refractivity contribution in [3.8, 4) is 0 Å². The minimum atomic E-state index is -4.39. The van der Waals surface area contributed by atoms with Gasteiger partial charge in [-0.05, 0) is 0 Å². The first-order valence-corrected chi connectivity index (χ1v) is 6.29. The summed E-state index contributed by atoms with van der Waals surface area (Å²) in [6.07, 6.45) is -4.39. The Labute approximate surface area is 106 Å². The molecule has 18 heavy (non-hydrogen) atoms. The summed E-state index contributed by atoms with van der Waals surface area (Å²) in [6.45, 7) is 3.57. The number of alkyl halides is 3. The predicted octanol–water partition coefficient (Wildman–Crippen LogP) is 1.83. The third-order valence-electron chi connectivity index (χ3n) is 2.78. The number of hydrogen-bond acceptors (Lipinski definition) is 4. The summed E-state index contributed by atoms with van der Waals surface area (Å²) in [6, 6.07) is 0. The van der Waals surface area contributed by atoms with Gasteiger partial charge in [0.15, 0.2) is 10.8 Å². The number of amides is 1. The van der Waals surface area contributed by atoms with Crippen LogP contribution in [0.4, 0.5) is 18.3 Å². The molecule has 0 spiro atoms. The predicted molar refractivity (Wildman–Crippen MR) is 61.6 cm³/mol. The van der Waals surface area contributed by atoms with Crippen LogP contribution in [0, 0.1) is 0 Å². The molecule has 8 heteroatoms. The Morgan fingerprint density at radius 3 is 2.39 bits per heavy atom. The molecule has 2 heterocycles. The fourth-order valence-electron chi connectivity index (χ4n) is 1.75. The minimum absolute atomic E-state index is 0.00947. The number of aromatic nitrogens is 1. The lowest BCUT2D eigenvalue weighted by atomic mass is 10.3. The molecule has 0 unspecified atom stereocenters. The number of rotatable bonds is 1. The molecule has 1 aromatic heterocycles. The summed E-state index contributed by atoms with van der Waals surface area (Å²) in [5.74, 6) is -0.00947. The SMILES string of the molecule is CC(=O)N1CCN(c2nc(C(F)(F)F)cs2)CC1. The maximum Gasteiger partial charge on any atom is 0.434 e. The Morgan fingerprint density at radius 1 is 1.33 bits per heavy atom. The molecule has 100 valence electrons. The largest absolute Gasteiger partial charge is 0.434 e. The number of nitrogens with zero attached hydrogens (tertiary/aromatic N) is 3. The van der Waals surface area contributed by atoms with Crippen LogP contribution in [0.25, 0.3) is 0 Å². The zero-order valence-corrected chi connectivity index (χ0v) is 10.5. The molecule has 0 saturated carbocycles. The third-order valence-corrected chi connectivity index (χ3v) is 3.68. The molecule has 1 fully saturated rings. The van der Waals surface area contributed by atoms with E-state index < -0.39 is 11.9 Å². The smallest absolute Gasteiger partial charge is 0.345 e. The second kappa shape index (κ2) is 4.75. The summed E-state index contributed by atoms with van der Waals surface area (Å²) in [4.78, 5) is 18.2. The summed E-state index contributed by atoms with van der Waals surface area (Å²) in [7, 11) is 0. The van der Waals surface area contributed by atoms with Crippen LogP contribution in [0.5, 0.6) is 0 Å². The standard InChI is InChI=1S/C10H12F3N3OS/c1-7(17)15-2-4-16(5-3-15)9-14-8(6-18-9)10(11,12)13/h6H,2-5H2,1H3. The van der Waals surface area contributed by atoms with Crippen LogP contribution in [0.1, 0.15) is 12.6 Å². The molecule has 1 aromatic rings. The van der Waals surface area contributed by atoms with Gasteiger partial charge in [-0.3, -0.25) is 4.79 Å². The molecule has 0 atom stereocenters. The van der Waals surface area contributed by atoms with Crippen molar-refractivity contribution in [2.24, 2.45) is 0 Å². The molecule has 0 bridgehead atoms. The molecular weight excluding hydrogens is 267 g/mol. The number of thiazole rings is 1. The molecule has 1 aliphatic rings. The molecule has 4 nitrogen and oxygen atoms in total. The number of carbonyl (C=O) groups is 1. The summed E-state index contributed by atoms with van der Waals surface area (Å²) < 4.78 is 37.2. The van der Waals surface area contributed by atoms with E-state index in [-0.39, 0.29) is 5.91 Å². The molecule has 1 saturated heterocycles. The lowest BCUT2D eigenvalue weighted by molar-refractivity contribution is -0.140. The van der Waals surface area contributed by atoms with Crippen molar-refractivity contribution < 1.29 is 18.0 Å². The number of hydrogen-bond donors (Lipinski definition) is 0. The fourth-order valence-corrected chi connectivity index (χ4v) is 2.64. The van der Waals surface area contributed by atoms with Crippen LogP contribution in [0.15, 0.2) is 5.38 Å². The Balaban J connectivity index is 2.02. The molecule has 0 N–H and O–H groups in total. The van der Waals surface area contributed by atoms with Gasteiger partial charge in [-0.25, -0.2) is 4.98 Å². The van der Waals surface area contributed by atoms with Gasteiger partial charge >= 0.3 is 6.18 Å². The Kier molecular flexibility index (Phi) is 3.47. The second-order valence-electron chi connectivity index (χ2n) is 4.01.